The van der Waals surface area contributed by atoms with Crippen molar-refractivity contribution in [3.05, 3.63) is 47.8 Å². The van der Waals surface area contributed by atoms with Gasteiger partial charge >= 0.3 is 0 Å². The minimum absolute atomic E-state index is 0.0433. The molecule has 2 aromatic carbocycles. The predicted molar refractivity (Wildman–Crippen MR) is 129 cm³/mol. The minimum Gasteiger partial charge on any atom is -0.507 e. The Labute approximate surface area is 189 Å². The largest absolute Gasteiger partial charge is 0.507 e. The normalized spacial score (nSPS) is 17.0. The van der Waals surface area contributed by atoms with Crippen molar-refractivity contribution in [2.75, 3.05) is 24.5 Å². The molecule has 1 aromatic heterocycles. The molecule has 1 aliphatic heterocycles. The second kappa shape index (κ2) is 9.23. The number of phenols is 1. The van der Waals surface area contributed by atoms with Crippen LogP contribution in [0.4, 0.5) is 10.2 Å². The lowest BCUT2D eigenvalue weighted by Gasteiger charge is -2.20. The van der Waals surface area contributed by atoms with E-state index in [9.17, 15) is 9.50 Å². The molecule has 0 bridgehead atoms. The number of aliphatic imine (C=N–C) groups is 1. The smallest absolute Gasteiger partial charge is 0.168 e. The zero-order valence-corrected chi connectivity index (χ0v) is 19.3. The van der Waals surface area contributed by atoms with Gasteiger partial charge in [0, 0.05) is 30.7 Å². The first-order valence-electron chi connectivity index (χ1n) is 11.3. The molecule has 1 aliphatic rings. The zero-order valence-electron chi connectivity index (χ0n) is 19.3. The number of phenolic OH excluding ortho intramolecular Hbond substituents is 1. The fourth-order valence-electron chi connectivity index (χ4n) is 4.42. The molecule has 0 unspecified atom stereocenters. The molecule has 6 heteroatoms. The number of hydrogen-bond acceptors (Lipinski definition) is 5. The van der Waals surface area contributed by atoms with Crippen LogP contribution in [0.15, 0.2) is 41.4 Å². The molecule has 5 nitrogen and oxygen atoms in total. The highest BCUT2D eigenvalue weighted by molar-refractivity contribution is 5.92. The van der Waals surface area contributed by atoms with Crippen molar-refractivity contribution < 1.29 is 9.50 Å². The van der Waals surface area contributed by atoms with Crippen LogP contribution in [-0.4, -0.2) is 40.4 Å². The van der Waals surface area contributed by atoms with Crippen molar-refractivity contribution in [2.45, 2.75) is 40.5 Å². The van der Waals surface area contributed by atoms with Crippen molar-refractivity contribution >= 4 is 22.4 Å². The standard InChI is InChI=1S/C26H31FN4O/c1-16(2)12-18(4)28-14-19-10-11-31(15-19)26-20-9-8-17(3)13-22(20)29-25(30-26)24-21(27)6-5-7-23(24)32/h5-9,13,16,19,32H,10-12,14-15H2,1-4H3/t19-/m0/s1. The first-order chi connectivity index (χ1) is 15.3. The van der Waals surface area contributed by atoms with Crippen LogP contribution in [0.2, 0.25) is 0 Å². The van der Waals surface area contributed by atoms with Gasteiger partial charge in [-0.25, -0.2) is 14.4 Å². The SMILES string of the molecule is CC(CC(C)C)=NC[C@@H]1CCN(c2nc(-c3c(O)cccc3F)nc3cc(C)ccc23)C1. The van der Waals surface area contributed by atoms with Crippen LogP contribution in [-0.2, 0) is 0 Å². The second-order valence-corrected chi connectivity index (χ2v) is 9.30. The molecule has 2 heterocycles. The number of aromatic hydroxyl groups is 1. The van der Waals surface area contributed by atoms with Gasteiger partial charge in [-0.05, 0) is 68.4 Å². The van der Waals surface area contributed by atoms with Crippen molar-refractivity contribution in [2.24, 2.45) is 16.8 Å². The molecule has 168 valence electrons. The fraction of sp³-hybridized carbons (Fsp3) is 0.423. The van der Waals surface area contributed by atoms with E-state index in [1.165, 1.54) is 23.9 Å². The van der Waals surface area contributed by atoms with Crippen LogP contribution >= 0.6 is 0 Å². The molecule has 32 heavy (non-hydrogen) atoms. The average Bonchev–Trinajstić information content (AvgIpc) is 3.20. The number of benzene rings is 2. The highest BCUT2D eigenvalue weighted by atomic mass is 19.1. The summed E-state index contributed by atoms with van der Waals surface area (Å²) < 4.78 is 14.6. The van der Waals surface area contributed by atoms with Crippen molar-refractivity contribution in [1.82, 2.24) is 9.97 Å². The van der Waals surface area contributed by atoms with E-state index in [2.05, 4.69) is 30.7 Å². The summed E-state index contributed by atoms with van der Waals surface area (Å²) in [4.78, 5) is 16.4. The van der Waals surface area contributed by atoms with Gasteiger partial charge in [0.2, 0.25) is 0 Å². The quantitative estimate of drug-likeness (QED) is 0.499. The Kier molecular flexibility index (Phi) is 6.40. The molecule has 0 spiro atoms. The van der Waals surface area contributed by atoms with Gasteiger partial charge in [-0.3, -0.25) is 4.99 Å². The van der Waals surface area contributed by atoms with E-state index >= 15 is 0 Å². The number of aryl methyl sites for hydroxylation is 1. The predicted octanol–water partition coefficient (Wildman–Crippen LogP) is 5.78. The monoisotopic (exact) mass is 434 g/mol. The van der Waals surface area contributed by atoms with E-state index in [0.717, 1.165) is 54.8 Å². The van der Waals surface area contributed by atoms with Crippen LogP contribution in [0.3, 0.4) is 0 Å². The Balaban J connectivity index is 1.68. The van der Waals surface area contributed by atoms with Crippen LogP contribution in [0, 0.1) is 24.6 Å². The minimum atomic E-state index is -0.530. The topological polar surface area (TPSA) is 61.6 Å². The van der Waals surface area contributed by atoms with E-state index < -0.39 is 5.82 Å². The number of hydrogen-bond donors (Lipinski definition) is 1. The van der Waals surface area contributed by atoms with Crippen LogP contribution < -0.4 is 4.90 Å². The van der Waals surface area contributed by atoms with Gasteiger partial charge in [0.05, 0.1) is 11.1 Å². The molecule has 0 aliphatic carbocycles. The van der Waals surface area contributed by atoms with Gasteiger partial charge in [0.25, 0.3) is 0 Å². The molecule has 0 radical (unpaired) electrons. The Bertz CT molecular complexity index is 1140. The highest BCUT2D eigenvalue weighted by Gasteiger charge is 2.26. The maximum atomic E-state index is 14.6. The van der Waals surface area contributed by atoms with Crippen LogP contribution in [0.25, 0.3) is 22.3 Å². The summed E-state index contributed by atoms with van der Waals surface area (Å²) in [6, 6.07) is 10.3. The second-order valence-electron chi connectivity index (χ2n) is 9.30. The Morgan fingerprint density at radius 1 is 1.25 bits per heavy atom. The number of nitrogens with zero attached hydrogens (tertiary/aromatic N) is 4. The van der Waals surface area contributed by atoms with Gasteiger partial charge in [-0.2, -0.15) is 0 Å². The molecule has 0 amide bonds. The summed E-state index contributed by atoms with van der Waals surface area (Å²) in [5, 5.41) is 11.2. The maximum Gasteiger partial charge on any atom is 0.168 e. The molecular weight excluding hydrogens is 403 g/mol. The van der Waals surface area contributed by atoms with Gasteiger partial charge in [0.15, 0.2) is 5.82 Å². The van der Waals surface area contributed by atoms with Crippen molar-refractivity contribution in [3.8, 4) is 17.1 Å². The summed E-state index contributed by atoms with van der Waals surface area (Å²) in [5.74, 6) is 1.39. The molecule has 1 fully saturated rings. The Hall–Kier alpha value is -3.02. The molecular formula is C26H31FN4O. The van der Waals surface area contributed by atoms with Gasteiger partial charge in [-0.1, -0.05) is 26.0 Å². The molecule has 3 aromatic rings. The summed E-state index contributed by atoms with van der Waals surface area (Å²) >= 11 is 0. The molecule has 0 saturated carbocycles. The van der Waals surface area contributed by atoms with E-state index in [1.807, 2.05) is 25.1 Å². The van der Waals surface area contributed by atoms with Crippen molar-refractivity contribution in [1.29, 1.82) is 0 Å². The summed E-state index contributed by atoms with van der Waals surface area (Å²) in [6.45, 7) is 11.1. The lowest BCUT2D eigenvalue weighted by atomic mass is 10.1. The zero-order chi connectivity index (χ0) is 22.8. The highest BCUT2D eigenvalue weighted by Crippen LogP contribution is 2.35. The third-order valence-electron chi connectivity index (χ3n) is 5.96. The lowest BCUT2D eigenvalue weighted by Crippen LogP contribution is -2.22. The first kappa shape index (κ1) is 22.2. The van der Waals surface area contributed by atoms with E-state index in [-0.39, 0.29) is 17.1 Å². The summed E-state index contributed by atoms with van der Waals surface area (Å²) in [5.41, 5.74) is 3.07. The van der Waals surface area contributed by atoms with E-state index in [1.54, 1.807) is 0 Å². The van der Waals surface area contributed by atoms with Crippen molar-refractivity contribution in [3.63, 3.8) is 0 Å². The average molecular weight is 435 g/mol. The first-order valence-corrected chi connectivity index (χ1v) is 11.3. The number of rotatable bonds is 6. The van der Waals surface area contributed by atoms with Gasteiger partial charge in [-0.15, -0.1) is 0 Å². The maximum absolute atomic E-state index is 14.6. The third kappa shape index (κ3) is 4.74. The molecule has 1 saturated heterocycles. The molecule has 1 N–H and O–H groups in total. The number of fused-ring (bicyclic) bond motifs is 1. The summed E-state index contributed by atoms with van der Waals surface area (Å²) in [7, 11) is 0. The lowest BCUT2D eigenvalue weighted by molar-refractivity contribution is 0.471. The van der Waals surface area contributed by atoms with Gasteiger partial charge in [0.1, 0.15) is 17.4 Å². The Morgan fingerprint density at radius 3 is 2.81 bits per heavy atom. The molecule has 1 atom stereocenters. The number of halogens is 1. The molecule has 4 rings (SSSR count). The van der Waals surface area contributed by atoms with Crippen LogP contribution in [0.1, 0.15) is 39.2 Å². The van der Waals surface area contributed by atoms with Crippen LogP contribution in [0.5, 0.6) is 5.75 Å². The van der Waals surface area contributed by atoms with E-state index in [4.69, 9.17) is 9.98 Å². The summed E-state index contributed by atoms with van der Waals surface area (Å²) in [6.07, 6.45) is 2.07. The van der Waals surface area contributed by atoms with E-state index in [0.29, 0.717) is 11.8 Å². The Morgan fingerprint density at radius 2 is 2.06 bits per heavy atom. The number of aromatic nitrogens is 2. The fourth-order valence-corrected chi connectivity index (χ4v) is 4.42. The third-order valence-corrected chi connectivity index (χ3v) is 5.96. The number of anilines is 1. The van der Waals surface area contributed by atoms with Gasteiger partial charge < -0.3 is 10.0 Å².